The van der Waals surface area contributed by atoms with Crippen LogP contribution in [0.15, 0.2) is 109 Å². The molecule has 1 amide bonds. The van der Waals surface area contributed by atoms with Crippen LogP contribution < -0.4 is 14.2 Å². The van der Waals surface area contributed by atoms with Gasteiger partial charge in [0.1, 0.15) is 18.1 Å². The minimum atomic E-state index is -0.822. The highest BCUT2D eigenvalue weighted by atomic mass is 16.5. The molecule has 1 unspecified atom stereocenters. The van der Waals surface area contributed by atoms with Crippen molar-refractivity contribution in [3.63, 3.8) is 0 Å². The second-order valence-corrected chi connectivity index (χ2v) is 10.1. The largest absolute Gasteiger partial charge is 0.507 e. The Bertz CT molecular complexity index is 1580. The lowest BCUT2D eigenvalue weighted by atomic mass is 9.94. The van der Waals surface area contributed by atoms with E-state index in [0.29, 0.717) is 54.6 Å². The number of rotatable bonds is 12. The van der Waals surface area contributed by atoms with Gasteiger partial charge in [-0.15, -0.1) is 0 Å². The van der Waals surface area contributed by atoms with Gasteiger partial charge in [-0.1, -0.05) is 66.7 Å². The summed E-state index contributed by atoms with van der Waals surface area (Å²) >= 11 is 0. The first-order chi connectivity index (χ1) is 21.0. The summed E-state index contributed by atoms with van der Waals surface area (Å²) in [5.41, 5.74) is 3.13. The van der Waals surface area contributed by atoms with Gasteiger partial charge in [-0.2, -0.15) is 0 Å². The van der Waals surface area contributed by atoms with E-state index in [9.17, 15) is 14.7 Å². The molecule has 7 heteroatoms. The Morgan fingerprint density at radius 1 is 0.744 bits per heavy atom. The number of hydrogen-bond acceptors (Lipinski definition) is 6. The highest BCUT2D eigenvalue weighted by Gasteiger charge is 2.46. The molecule has 5 rings (SSSR count). The first kappa shape index (κ1) is 29.5. The second kappa shape index (κ2) is 13.7. The molecular weight excluding hydrogens is 542 g/mol. The quantitative estimate of drug-likeness (QED) is 0.114. The number of carbonyl (C=O) groups excluding carboxylic acids is 2. The lowest BCUT2D eigenvalue weighted by molar-refractivity contribution is -0.139. The van der Waals surface area contributed by atoms with E-state index in [4.69, 9.17) is 14.2 Å². The monoisotopic (exact) mass is 577 g/mol. The molecule has 1 aliphatic heterocycles. The van der Waals surface area contributed by atoms with Crippen molar-refractivity contribution in [2.24, 2.45) is 0 Å². The van der Waals surface area contributed by atoms with Gasteiger partial charge in [-0.05, 0) is 73.4 Å². The standard InChI is InChI=1S/C36H35NO6/c1-3-41-29-18-15-27(16-19-29)34(38)32-33(37(36(40)35(32)39)22-21-25-11-7-5-8-12-25)28-17-20-30(31(23-28)42-4-2)43-24-26-13-9-6-10-14-26/h5-20,23,33,38H,3-4,21-22,24H2,1-2H3. The Labute approximate surface area is 252 Å². The van der Waals surface area contributed by atoms with E-state index in [0.717, 1.165) is 11.1 Å². The van der Waals surface area contributed by atoms with Crippen molar-refractivity contribution in [3.8, 4) is 17.2 Å². The summed E-state index contributed by atoms with van der Waals surface area (Å²) in [6, 6.07) is 31.0. The summed E-state index contributed by atoms with van der Waals surface area (Å²) < 4.78 is 17.6. The van der Waals surface area contributed by atoms with Crippen LogP contribution in [-0.4, -0.2) is 41.5 Å². The number of nitrogens with zero attached hydrogens (tertiary/aromatic N) is 1. The van der Waals surface area contributed by atoms with Crippen molar-refractivity contribution in [1.82, 2.24) is 4.90 Å². The van der Waals surface area contributed by atoms with Crippen LogP contribution in [0.3, 0.4) is 0 Å². The van der Waals surface area contributed by atoms with Crippen LogP contribution in [0.1, 0.15) is 42.1 Å². The van der Waals surface area contributed by atoms with Gasteiger partial charge >= 0.3 is 0 Å². The first-order valence-electron chi connectivity index (χ1n) is 14.5. The molecule has 1 saturated heterocycles. The Balaban J connectivity index is 1.54. The van der Waals surface area contributed by atoms with E-state index in [1.165, 1.54) is 4.90 Å². The molecule has 1 atom stereocenters. The van der Waals surface area contributed by atoms with Crippen LogP contribution in [0.4, 0.5) is 0 Å². The van der Waals surface area contributed by atoms with Gasteiger partial charge in [0, 0.05) is 12.1 Å². The number of amides is 1. The summed E-state index contributed by atoms with van der Waals surface area (Å²) in [5.74, 6) is 0.0535. The number of aliphatic hydroxyl groups is 1. The summed E-state index contributed by atoms with van der Waals surface area (Å²) in [4.78, 5) is 28.6. The van der Waals surface area contributed by atoms with Crippen molar-refractivity contribution in [3.05, 3.63) is 131 Å². The van der Waals surface area contributed by atoms with Crippen LogP contribution in [0, 0.1) is 0 Å². The maximum Gasteiger partial charge on any atom is 0.295 e. The highest BCUT2D eigenvalue weighted by molar-refractivity contribution is 6.46. The van der Waals surface area contributed by atoms with Gasteiger partial charge in [-0.3, -0.25) is 9.59 Å². The Kier molecular flexibility index (Phi) is 9.42. The molecule has 1 aliphatic rings. The van der Waals surface area contributed by atoms with Crippen LogP contribution in [0.25, 0.3) is 5.76 Å². The molecule has 220 valence electrons. The maximum atomic E-state index is 13.5. The number of ether oxygens (including phenoxy) is 3. The average Bonchev–Trinajstić information content (AvgIpc) is 3.29. The fourth-order valence-electron chi connectivity index (χ4n) is 5.20. The van der Waals surface area contributed by atoms with E-state index in [2.05, 4.69) is 0 Å². The van der Waals surface area contributed by atoms with Crippen molar-refractivity contribution >= 4 is 17.4 Å². The first-order valence-corrected chi connectivity index (χ1v) is 14.5. The molecule has 7 nitrogen and oxygen atoms in total. The number of benzene rings is 4. The third kappa shape index (κ3) is 6.72. The molecule has 1 fully saturated rings. The molecular formula is C36H35NO6. The summed E-state index contributed by atoms with van der Waals surface area (Å²) in [7, 11) is 0. The molecule has 0 saturated carbocycles. The van der Waals surface area contributed by atoms with Gasteiger partial charge in [0.2, 0.25) is 0 Å². The SMILES string of the molecule is CCOc1ccc(C(O)=C2C(=O)C(=O)N(CCc3ccccc3)C2c2ccc(OCc3ccccc3)c(OCC)c2)cc1. The maximum absolute atomic E-state index is 13.5. The molecule has 4 aromatic rings. The second-order valence-electron chi connectivity index (χ2n) is 10.1. The van der Waals surface area contributed by atoms with E-state index >= 15 is 0 Å². The number of carbonyl (C=O) groups is 2. The van der Waals surface area contributed by atoms with Gasteiger partial charge in [0.25, 0.3) is 11.7 Å². The zero-order valence-electron chi connectivity index (χ0n) is 24.4. The molecule has 0 spiro atoms. The molecule has 1 N–H and O–H groups in total. The lowest BCUT2D eigenvalue weighted by Crippen LogP contribution is -2.31. The third-order valence-electron chi connectivity index (χ3n) is 7.28. The number of hydrogen-bond donors (Lipinski definition) is 1. The van der Waals surface area contributed by atoms with Gasteiger partial charge in [-0.25, -0.2) is 0 Å². The van der Waals surface area contributed by atoms with E-state index < -0.39 is 17.7 Å². The van der Waals surface area contributed by atoms with Crippen LogP contribution >= 0.6 is 0 Å². The molecule has 0 aliphatic carbocycles. The van der Waals surface area contributed by atoms with Crippen molar-refractivity contribution < 1.29 is 28.9 Å². The van der Waals surface area contributed by atoms with Gasteiger partial charge < -0.3 is 24.2 Å². The van der Waals surface area contributed by atoms with Crippen LogP contribution in [-0.2, 0) is 22.6 Å². The molecule has 0 bridgehead atoms. The number of ketones is 1. The van der Waals surface area contributed by atoms with E-state index in [1.54, 1.807) is 36.4 Å². The Morgan fingerprint density at radius 3 is 2.05 bits per heavy atom. The Hall–Kier alpha value is -5.04. The molecule has 0 aromatic heterocycles. The normalized spacial score (nSPS) is 15.9. The van der Waals surface area contributed by atoms with Crippen molar-refractivity contribution in [2.45, 2.75) is 32.9 Å². The number of Topliss-reactive ketones (excluding diaryl/α,β-unsaturated/α-hetero) is 1. The van der Waals surface area contributed by atoms with E-state index in [1.807, 2.05) is 80.6 Å². The summed E-state index contributed by atoms with van der Waals surface area (Å²) in [6.07, 6.45) is 0.546. The predicted molar refractivity (Wildman–Crippen MR) is 165 cm³/mol. The van der Waals surface area contributed by atoms with Crippen LogP contribution in [0.2, 0.25) is 0 Å². The summed E-state index contributed by atoms with van der Waals surface area (Å²) in [6.45, 7) is 5.31. The number of likely N-dealkylation sites (tertiary alicyclic amines) is 1. The molecule has 4 aromatic carbocycles. The van der Waals surface area contributed by atoms with Crippen LogP contribution in [0.5, 0.6) is 17.2 Å². The smallest absolute Gasteiger partial charge is 0.295 e. The van der Waals surface area contributed by atoms with Gasteiger partial charge in [0.15, 0.2) is 11.5 Å². The van der Waals surface area contributed by atoms with Gasteiger partial charge in [0.05, 0.1) is 24.8 Å². The fourth-order valence-corrected chi connectivity index (χ4v) is 5.20. The molecule has 1 heterocycles. The van der Waals surface area contributed by atoms with E-state index in [-0.39, 0.29) is 17.9 Å². The Morgan fingerprint density at radius 2 is 1.40 bits per heavy atom. The third-order valence-corrected chi connectivity index (χ3v) is 7.28. The van der Waals surface area contributed by atoms with Crippen molar-refractivity contribution in [2.75, 3.05) is 19.8 Å². The zero-order valence-corrected chi connectivity index (χ0v) is 24.4. The van der Waals surface area contributed by atoms with Crippen molar-refractivity contribution in [1.29, 1.82) is 0 Å². The molecule has 0 radical (unpaired) electrons. The summed E-state index contributed by atoms with van der Waals surface area (Å²) in [5, 5.41) is 11.5. The number of aliphatic hydroxyl groups excluding tert-OH is 1. The minimum absolute atomic E-state index is 0.0302. The fraction of sp³-hybridized carbons (Fsp3) is 0.222. The lowest BCUT2D eigenvalue weighted by Gasteiger charge is -2.26. The molecule has 43 heavy (non-hydrogen) atoms. The predicted octanol–water partition coefficient (Wildman–Crippen LogP) is 6.73. The average molecular weight is 578 g/mol. The topological polar surface area (TPSA) is 85.3 Å². The zero-order chi connectivity index (χ0) is 30.2. The highest BCUT2D eigenvalue weighted by Crippen LogP contribution is 2.42. The minimum Gasteiger partial charge on any atom is -0.507 e.